The lowest BCUT2D eigenvalue weighted by Gasteiger charge is -2.34. The first-order valence-corrected chi connectivity index (χ1v) is 16.8. The van der Waals surface area contributed by atoms with Gasteiger partial charge in [0, 0.05) is 29.8 Å². The molecular weight excluding hydrogens is 612 g/mol. The molecule has 2 saturated heterocycles. The Balaban J connectivity index is 1.30. The maximum absolute atomic E-state index is 13.5. The minimum absolute atomic E-state index is 0.00798. The number of alkyl halides is 2. The molecule has 3 aromatic heterocycles. The average molecular weight is 642 g/mol. The second-order valence-corrected chi connectivity index (χ2v) is 14.4. The molecule has 0 bridgehead atoms. The van der Waals surface area contributed by atoms with Crippen molar-refractivity contribution in [1.82, 2.24) is 39.3 Å². The van der Waals surface area contributed by atoms with Crippen molar-refractivity contribution in [3.05, 3.63) is 35.2 Å². The van der Waals surface area contributed by atoms with Crippen LogP contribution in [-0.4, -0.2) is 87.1 Å². The van der Waals surface area contributed by atoms with E-state index < -0.39 is 27.0 Å². The van der Waals surface area contributed by atoms with Gasteiger partial charge >= 0.3 is 0 Å². The van der Waals surface area contributed by atoms with Crippen molar-refractivity contribution in [2.24, 2.45) is 0 Å². The molecule has 2 aliphatic heterocycles. The van der Waals surface area contributed by atoms with Crippen LogP contribution in [0.3, 0.4) is 0 Å². The summed E-state index contributed by atoms with van der Waals surface area (Å²) in [5, 5.41) is 18.0. The van der Waals surface area contributed by atoms with Crippen molar-refractivity contribution in [3.8, 4) is 11.2 Å². The van der Waals surface area contributed by atoms with Crippen LogP contribution in [-0.2, 0) is 14.8 Å². The summed E-state index contributed by atoms with van der Waals surface area (Å²) in [6, 6.07) is 6.51. The van der Waals surface area contributed by atoms with Crippen LogP contribution < -0.4 is 4.72 Å². The molecule has 1 amide bonds. The Hall–Kier alpha value is -3.65. The van der Waals surface area contributed by atoms with Crippen LogP contribution in [0.15, 0.2) is 29.4 Å². The van der Waals surface area contributed by atoms with Gasteiger partial charge in [0.1, 0.15) is 11.9 Å². The Morgan fingerprint density at radius 1 is 1.16 bits per heavy atom. The van der Waals surface area contributed by atoms with E-state index in [2.05, 4.69) is 29.8 Å². The number of carbonyl (C=O) groups is 1. The number of nitrogens with one attached hydrogen (secondary N) is 1. The van der Waals surface area contributed by atoms with Crippen molar-refractivity contribution >= 4 is 49.2 Å². The summed E-state index contributed by atoms with van der Waals surface area (Å²) in [5.41, 5.74) is 0.414. The van der Waals surface area contributed by atoms with Gasteiger partial charge in [-0.1, -0.05) is 17.4 Å². The van der Waals surface area contributed by atoms with Gasteiger partial charge in [0.05, 0.1) is 28.2 Å². The van der Waals surface area contributed by atoms with Gasteiger partial charge in [0.15, 0.2) is 10.7 Å². The number of hydrogen-bond donors (Lipinski definition) is 1. The van der Waals surface area contributed by atoms with Gasteiger partial charge in [-0.05, 0) is 64.3 Å². The van der Waals surface area contributed by atoms with E-state index in [0.29, 0.717) is 72.0 Å². The minimum atomic E-state index is -4.08. The number of piperidine rings is 1. The summed E-state index contributed by atoms with van der Waals surface area (Å²) < 4.78 is 57.7. The Morgan fingerprint density at radius 3 is 2.57 bits per heavy atom. The summed E-state index contributed by atoms with van der Waals surface area (Å²) in [5.74, 6) is 0.150. The second kappa shape index (κ2) is 10.8. The number of hydrogen-bond acceptors (Lipinski definition) is 10. The molecule has 0 unspecified atom stereocenters. The van der Waals surface area contributed by atoms with E-state index >= 15 is 0 Å². The minimum Gasteiger partial charge on any atom is -0.341 e. The zero-order valence-electron chi connectivity index (χ0n) is 23.8. The average Bonchev–Trinajstić information content (AvgIpc) is 3.33. The second-order valence-electron chi connectivity index (χ2n) is 11.7. The maximum Gasteiger partial charge on any atom is 0.291 e. The topological polar surface area (TPSA) is 150 Å². The molecule has 1 N–H and O–H groups in total. The molecule has 16 heteroatoms. The first kappa shape index (κ1) is 29.1. The van der Waals surface area contributed by atoms with E-state index in [0.717, 1.165) is 25.1 Å². The monoisotopic (exact) mass is 641 g/mol. The molecule has 3 fully saturated rings. The largest absolute Gasteiger partial charge is 0.341 e. The van der Waals surface area contributed by atoms with Gasteiger partial charge in [-0.15, -0.1) is 10.2 Å². The molecule has 12 nitrogen and oxygen atoms in total. The molecular formula is C28H29F2N9O3S2. The van der Waals surface area contributed by atoms with Crippen molar-refractivity contribution in [2.75, 3.05) is 26.7 Å². The molecule has 44 heavy (non-hydrogen) atoms. The Kier molecular flexibility index (Phi) is 7.11. The number of carbonyl (C=O) groups excluding carboxylic acids is 1. The summed E-state index contributed by atoms with van der Waals surface area (Å²) in [7, 11) is -2.09. The van der Waals surface area contributed by atoms with Gasteiger partial charge in [0.25, 0.3) is 6.43 Å². The number of amides is 1. The number of rotatable bonds is 7. The highest BCUT2D eigenvalue weighted by molar-refractivity contribution is 7.89. The number of sulfonamides is 1. The Morgan fingerprint density at radius 2 is 1.93 bits per heavy atom. The number of fused-ring (bicyclic) bond motifs is 3. The summed E-state index contributed by atoms with van der Waals surface area (Å²) in [6.07, 6.45) is 2.68. The summed E-state index contributed by atoms with van der Waals surface area (Å²) >= 11 is 0.697. The Labute approximate surface area is 255 Å². The van der Waals surface area contributed by atoms with Crippen LogP contribution in [0.4, 0.5) is 8.78 Å². The first-order valence-electron chi connectivity index (χ1n) is 14.5. The standard InChI is InChI=1S/C28H29F2N9O3S2/c1-37-10-2-3-19(37)26(40)38-11-6-16(7-12-38)22-21-18-5-4-17(44(41,42)36-28(14-31)8-9-28)13-20(18)39(24(21)33-15-32-22)27-35-34-25(43-27)23(29)30/h4-5,13,15-16,19,23,36H,2-3,6-12H2,1H3/t19-/m0/s1. The van der Waals surface area contributed by atoms with Crippen molar-refractivity contribution in [1.29, 1.82) is 5.26 Å². The molecule has 3 aliphatic rings. The van der Waals surface area contributed by atoms with Crippen LogP contribution in [0, 0.1) is 11.3 Å². The van der Waals surface area contributed by atoms with Gasteiger partial charge in [-0.2, -0.15) is 9.98 Å². The SMILES string of the molecule is CN1CCC[C@H]1C(=O)N1CCC(c2ncnc3c2c2ccc(S(=O)(=O)NC4(C#N)CC4)cc2n3-c2nnc(C(F)F)s2)CC1. The van der Waals surface area contributed by atoms with Crippen LogP contribution in [0.1, 0.15) is 61.6 Å². The van der Waals surface area contributed by atoms with Crippen molar-refractivity contribution in [2.45, 2.75) is 67.3 Å². The van der Waals surface area contributed by atoms with E-state index in [9.17, 15) is 27.3 Å². The van der Waals surface area contributed by atoms with Gasteiger partial charge in [0.2, 0.25) is 21.1 Å². The highest BCUT2D eigenvalue weighted by Gasteiger charge is 2.47. The quantitative estimate of drug-likeness (QED) is 0.320. The first-order chi connectivity index (χ1) is 21.1. The highest BCUT2D eigenvalue weighted by Crippen LogP contribution is 2.41. The molecule has 4 aromatic rings. The number of benzene rings is 1. The third-order valence-corrected chi connectivity index (χ3v) is 11.4. The molecule has 0 radical (unpaired) electrons. The van der Waals surface area contributed by atoms with E-state index in [1.807, 2.05) is 18.0 Å². The van der Waals surface area contributed by atoms with Gasteiger partial charge < -0.3 is 4.90 Å². The fourth-order valence-electron chi connectivity index (χ4n) is 6.40. The van der Waals surface area contributed by atoms with Crippen molar-refractivity contribution < 1.29 is 22.0 Å². The third kappa shape index (κ3) is 4.91. The number of halogens is 2. The smallest absolute Gasteiger partial charge is 0.291 e. The van der Waals surface area contributed by atoms with Crippen molar-refractivity contribution in [3.63, 3.8) is 0 Å². The number of aromatic nitrogens is 5. The van der Waals surface area contributed by atoms with Gasteiger partial charge in [-0.25, -0.2) is 27.2 Å². The maximum atomic E-state index is 13.5. The fourth-order valence-corrected chi connectivity index (χ4v) is 8.51. The molecule has 0 spiro atoms. The van der Waals surface area contributed by atoms with E-state index in [-0.39, 0.29) is 27.9 Å². The number of likely N-dealkylation sites (N-methyl/N-ethyl adjacent to an activating group) is 1. The predicted molar refractivity (Wildman–Crippen MR) is 157 cm³/mol. The molecule has 5 heterocycles. The van der Waals surface area contributed by atoms with E-state index in [1.165, 1.54) is 18.5 Å². The van der Waals surface area contributed by atoms with Gasteiger partial charge in [-0.3, -0.25) is 14.3 Å². The van der Waals surface area contributed by atoms with Crippen LogP contribution in [0.25, 0.3) is 27.1 Å². The lowest BCUT2D eigenvalue weighted by Crippen LogP contribution is -2.47. The zero-order valence-corrected chi connectivity index (χ0v) is 25.4. The third-order valence-electron chi connectivity index (χ3n) is 8.96. The predicted octanol–water partition coefficient (Wildman–Crippen LogP) is 3.50. The lowest BCUT2D eigenvalue weighted by molar-refractivity contribution is -0.136. The van der Waals surface area contributed by atoms with E-state index in [4.69, 9.17) is 0 Å². The van der Waals surface area contributed by atoms with Crippen LogP contribution in [0.2, 0.25) is 0 Å². The summed E-state index contributed by atoms with van der Waals surface area (Å²) in [4.78, 5) is 26.3. The molecule has 1 aromatic carbocycles. The lowest BCUT2D eigenvalue weighted by atomic mass is 9.90. The normalized spacial score (nSPS) is 21.0. The number of likely N-dealkylation sites (tertiary alicyclic amines) is 2. The molecule has 1 saturated carbocycles. The molecule has 1 aliphatic carbocycles. The molecule has 7 rings (SSSR count). The van der Waals surface area contributed by atoms with E-state index in [1.54, 1.807) is 10.6 Å². The molecule has 230 valence electrons. The number of nitrogens with zero attached hydrogens (tertiary/aromatic N) is 8. The van der Waals surface area contributed by atoms with Crippen LogP contribution in [0.5, 0.6) is 0 Å². The Bertz CT molecular complexity index is 1930. The fraction of sp³-hybridized carbons (Fsp3) is 0.500. The summed E-state index contributed by atoms with van der Waals surface area (Å²) in [6.45, 7) is 2.09. The van der Waals surface area contributed by atoms with Crippen LogP contribution >= 0.6 is 11.3 Å². The molecule has 1 atom stereocenters. The zero-order chi connectivity index (χ0) is 30.8. The highest BCUT2D eigenvalue weighted by atomic mass is 32.2. The number of nitriles is 1.